The molecule has 0 amide bonds. The highest BCUT2D eigenvalue weighted by atomic mass is 35.5. The summed E-state index contributed by atoms with van der Waals surface area (Å²) >= 11 is 12.1. The van der Waals surface area contributed by atoms with Gasteiger partial charge in [-0.25, -0.2) is 4.39 Å². The number of piperidine rings is 1. The van der Waals surface area contributed by atoms with Crippen LogP contribution in [0.2, 0.25) is 10.0 Å². The van der Waals surface area contributed by atoms with E-state index in [9.17, 15) is 4.39 Å². The Bertz CT molecular complexity index is 662. The maximum absolute atomic E-state index is 14.0. The number of anilines is 2. The first-order valence-corrected chi connectivity index (χ1v) is 8.05. The fraction of sp³-hybridized carbons (Fsp3) is 0.294. The summed E-state index contributed by atoms with van der Waals surface area (Å²) in [5.41, 5.74) is 8.36. The molecule has 1 aliphatic rings. The predicted molar refractivity (Wildman–Crippen MR) is 91.5 cm³/mol. The Hall–Kier alpha value is -1.45. The molecule has 1 fully saturated rings. The summed E-state index contributed by atoms with van der Waals surface area (Å²) in [5.74, 6) is -0.0135. The molecule has 1 saturated heterocycles. The van der Waals surface area contributed by atoms with Crippen molar-refractivity contribution in [1.29, 1.82) is 0 Å². The van der Waals surface area contributed by atoms with Gasteiger partial charge in [0.1, 0.15) is 5.82 Å². The van der Waals surface area contributed by atoms with Gasteiger partial charge in [-0.3, -0.25) is 0 Å². The SMILES string of the molecule is Nc1cccc(Cl)c1N1CCC(c2ccc(Cl)cc2F)CC1. The molecule has 5 heteroatoms. The number of para-hydroxylation sites is 1. The lowest BCUT2D eigenvalue weighted by Gasteiger charge is -2.35. The van der Waals surface area contributed by atoms with Crippen LogP contribution in [0.4, 0.5) is 15.8 Å². The molecular formula is C17H17Cl2FN2. The van der Waals surface area contributed by atoms with Crippen LogP contribution in [0.15, 0.2) is 36.4 Å². The van der Waals surface area contributed by atoms with Gasteiger partial charge in [-0.1, -0.05) is 35.3 Å². The van der Waals surface area contributed by atoms with E-state index in [-0.39, 0.29) is 11.7 Å². The third-order valence-corrected chi connectivity index (χ3v) is 4.77. The van der Waals surface area contributed by atoms with Crippen LogP contribution in [0, 0.1) is 5.82 Å². The molecule has 0 atom stereocenters. The second kappa shape index (κ2) is 6.35. The number of hydrogen-bond acceptors (Lipinski definition) is 2. The number of nitrogens with zero attached hydrogens (tertiary/aromatic N) is 1. The minimum atomic E-state index is -0.219. The third-order valence-electron chi connectivity index (χ3n) is 4.23. The van der Waals surface area contributed by atoms with Crippen molar-refractivity contribution >= 4 is 34.6 Å². The summed E-state index contributed by atoms with van der Waals surface area (Å²) in [7, 11) is 0. The molecule has 0 saturated carbocycles. The fourth-order valence-corrected chi connectivity index (χ4v) is 3.57. The van der Waals surface area contributed by atoms with Crippen molar-refractivity contribution in [2.24, 2.45) is 0 Å². The number of benzene rings is 2. The summed E-state index contributed by atoms with van der Waals surface area (Å²) in [6, 6.07) is 10.5. The van der Waals surface area contributed by atoms with Gasteiger partial charge < -0.3 is 10.6 Å². The van der Waals surface area contributed by atoms with Crippen molar-refractivity contribution in [2.45, 2.75) is 18.8 Å². The molecule has 2 N–H and O–H groups in total. The Morgan fingerprint density at radius 3 is 2.45 bits per heavy atom. The van der Waals surface area contributed by atoms with Crippen LogP contribution in [0.1, 0.15) is 24.3 Å². The number of nitrogen functional groups attached to an aromatic ring is 1. The van der Waals surface area contributed by atoms with E-state index in [1.165, 1.54) is 6.07 Å². The Labute approximate surface area is 139 Å². The molecule has 0 bridgehead atoms. The van der Waals surface area contributed by atoms with E-state index < -0.39 is 0 Å². The first-order chi connectivity index (χ1) is 10.6. The van der Waals surface area contributed by atoms with Crippen molar-refractivity contribution in [1.82, 2.24) is 0 Å². The summed E-state index contributed by atoms with van der Waals surface area (Å²) in [4.78, 5) is 2.18. The monoisotopic (exact) mass is 338 g/mol. The number of hydrogen-bond donors (Lipinski definition) is 1. The zero-order valence-electron chi connectivity index (χ0n) is 12.0. The Morgan fingerprint density at radius 2 is 1.82 bits per heavy atom. The van der Waals surface area contributed by atoms with Gasteiger partial charge in [-0.15, -0.1) is 0 Å². The summed E-state index contributed by atoms with van der Waals surface area (Å²) in [6.45, 7) is 1.61. The molecule has 2 nitrogen and oxygen atoms in total. The van der Waals surface area contributed by atoms with Crippen LogP contribution in [-0.2, 0) is 0 Å². The highest BCUT2D eigenvalue weighted by Crippen LogP contribution is 2.37. The standard InChI is InChI=1S/C17H17Cl2FN2/c18-12-4-5-13(15(20)10-12)11-6-8-22(9-7-11)17-14(19)2-1-3-16(17)21/h1-5,10-11H,6-9,21H2. The second-order valence-electron chi connectivity index (χ2n) is 5.60. The quantitative estimate of drug-likeness (QED) is 0.772. The van der Waals surface area contributed by atoms with Crippen molar-refractivity contribution in [2.75, 3.05) is 23.7 Å². The van der Waals surface area contributed by atoms with Gasteiger partial charge in [0.05, 0.1) is 16.4 Å². The smallest absolute Gasteiger partial charge is 0.128 e. The zero-order valence-corrected chi connectivity index (χ0v) is 13.5. The maximum Gasteiger partial charge on any atom is 0.128 e. The molecule has 0 aliphatic carbocycles. The fourth-order valence-electron chi connectivity index (χ4n) is 3.11. The molecule has 0 spiro atoms. The first-order valence-electron chi connectivity index (χ1n) is 7.30. The van der Waals surface area contributed by atoms with Crippen LogP contribution in [0.25, 0.3) is 0 Å². The lowest BCUT2D eigenvalue weighted by molar-refractivity contribution is 0.482. The molecule has 1 heterocycles. The van der Waals surface area contributed by atoms with Gasteiger partial charge in [0.2, 0.25) is 0 Å². The topological polar surface area (TPSA) is 29.3 Å². The molecule has 0 radical (unpaired) electrons. The van der Waals surface area contributed by atoms with Gasteiger partial charge >= 0.3 is 0 Å². The largest absolute Gasteiger partial charge is 0.397 e. The molecular weight excluding hydrogens is 322 g/mol. The van der Waals surface area contributed by atoms with Gasteiger partial charge in [0.25, 0.3) is 0 Å². The molecule has 116 valence electrons. The van der Waals surface area contributed by atoms with E-state index in [2.05, 4.69) is 4.90 Å². The summed E-state index contributed by atoms with van der Waals surface area (Å²) in [6.07, 6.45) is 1.73. The van der Waals surface area contributed by atoms with Crippen molar-refractivity contribution < 1.29 is 4.39 Å². The average Bonchev–Trinajstić information content (AvgIpc) is 2.48. The Kier molecular flexibility index (Phi) is 4.46. The van der Waals surface area contributed by atoms with E-state index in [4.69, 9.17) is 28.9 Å². The highest BCUT2D eigenvalue weighted by molar-refractivity contribution is 6.34. The van der Waals surface area contributed by atoms with Crippen molar-refractivity contribution in [3.63, 3.8) is 0 Å². The van der Waals surface area contributed by atoms with E-state index >= 15 is 0 Å². The highest BCUT2D eigenvalue weighted by Gasteiger charge is 2.25. The van der Waals surface area contributed by atoms with E-state index in [1.54, 1.807) is 12.1 Å². The average molecular weight is 339 g/mol. The van der Waals surface area contributed by atoms with Gasteiger partial charge in [0, 0.05) is 18.1 Å². The molecule has 2 aromatic carbocycles. The summed E-state index contributed by atoms with van der Waals surface area (Å²) < 4.78 is 14.0. The predicted octanol–water partition coefficient (Wildman–Crippen LogP) is 5.10. The minimum absolute atomic E-state index is 0.206. The summed E-state index contributed by atoms with van der Waals surface area (Å²) in [5, 5.41) is 1.10. The van der Waals surface area contributed by atoms with Crippen molar-refractivity contribution in [3.05, 3.63) is 57.8 Å². The Balaban J connectivity index is 1.75. The number of halogens is 3. The van der Waals surface area contributed by atoms with Crippen LogP contribution in [-0.4, -0.2) is 13.1 Å². The van der Waals surface area contributed by atoms with Crippen molar-refractivity contribution in [3.8, 4) is 0 Å². The second-order valence-corrected chi connectivity index (χ2v) is 6.45. The van der Waals surface area contributed by atoms with E-state index in [1.807, 2.05) is 18.2 Å². The van der Waals surface area contributed by atoms with Crippen LogP contribution >= 0.6 is 23.2 Å². The van der Waals surface area contributed by atoms with Crippen LogP contribution in [0.5, 0.6) is 0 Å². The van der Waals surface area contributed by atoms with E-state index in [0.29, 0.717) is 15.7 Å². The molecule has 22 heavy (non-hydrogen) atoms. The minimum Gasteiger partial charge on any atom is -0.397 e. The normalized spacial score (nSPS) is 16.0. The Morgan fingerprint density at radius 1 is 1.09 bits per heavy atom. The van der Waals surface area contributed by atoms with E-state index in [0.717, 1.165) is 37.2 Å². The van der Waals surface area contributed by atoms with Crippen LogP contribution in [0.3, 0.4) is 0 Å². The molecule has 2 aromatic rings. The molecule has 1 aliphatic heterocycles. The lowest BCUT2D eigenvalue weighted by atomic mass is 9.89. The molecule has 0 unspecified atom stereocenters. The lowest BCUT2D eigenvalue weighted by Crippen LogP contribution is -2.33. The number of nitrogens with two attached hydrogens (primary N) is 1. The van der Waals surface area contributed by atoms with Gasteiger partial charge in [0.15, 0.2) is 0 Å². The zero-order chi connectivity index (χ0) is 15.7. The maximum atomic E-state index is 14.0. The third kappa shape index (κ3) is 3.01. The van der Waals surface area contributed by atoms with Crippen LogP contribution < -0.4 is 10.6 Å². The van der Waals surface area contributed by atoms with Gasteiger partial charge in [-0.2, -0.15) is 0 Å². The number of rotatable bonds is 2. The first kappa shape index (κ1) is 15.4. The van der Waals surface area contributed by atoms with Gasteiger partial charge in [-0.05, 0) is 48.6 Å². The molecule has 3 rings (SSSR count). The molecule has 0 aromatic heterocycles.